The molecule has 0 aliphatic carbocycles. The van der Waals surface area contributed by atoms with Gasteiger partial charge < -0.3 is 14.2 Å². The van der Waals surface area contributed by atoms with Crippen LogP contribution in [0.25, 0.3) is 10.9 Å². The molecule has 0 atom stereocenters. The highest BCUT2D eigenvalue weighted by molar-refractivity contribution is 9.10. The second kappa shape index (κ2) is 7.67. The molecule has 2 rings (SSSR count). The van der Waals surface area contributed by atoms with Crippen LogP contribution in [-0.2, 0) is 16.2 Å². The van der Waals surface area contributed by atoms with Crippen LogP contribution in [0.15, 0.2) is 16.7 Å². The lowest BCUT2D eigenvalue weighted by Gasteiger charge is -2.16. The molecule has 0 aliphatic rings. The molecule has 0 unspecified atom stereocenters. The minimum absolute atomic E-state index is 0.281. The molecule has 0 N–H and O–H groups in total. The van der Waals surface area contributed by atoms with Gasteiger partial charge >= 0.3 is 5.97 Å². The lowest BCUT2D eigenvalue weighted by atomic mass is 10.1. The quantitative estimate of drug-likeness (QED) is 0.390. The molecule has 1 aromatic carbocycles. The third kappa shape index (κ3) is 4.17. The number of nitrogens with zero attached hydrogens (tertiary/aromatic N) is 2. The first kappa shape index (κ1) is 18.9. The number of fused-ring (bicyclic) bond motifs is 1. The Morgan fingerprint density at radius 2 is 2.04 bits per heavy atom. The molecule has 0 spiro atoms. The molecule has 2 aromatic rings. The fourth-order valence-corrected chi connectivity index (χ4v) is 3.69. The van der Waals surface area contributed by atoms with Crippen LogP contribution in [0.3, 0.4) is 0 Å². The minimum atomic E-state index is -1.14. The van der Waals surface area contributed by atoms with Crippen LogP contribution in [-0.4, -0.2) is 44.7 Å². The second-order valence-corrected chi connectivity index (χ2v) is 13.2. The molecule has 24 heavy (non-hydrogen) atoms. The summed E-state index contributed by atoms with van der Waals surface area (Å²) >= 11 is 3.42. The van der Waals surface area contributed by atoms with Crippen molar-refractivity contribution in [1.29, 1.82) is 0 Å². The Morgan fingerprint density at radius 1 is 1.33 bits per heavy atom. The van der Waals surface area contributed by atoms with E-state index in [4.69, 9.17) is 14.2 Å². The van der Waals surface area contributed by atoms with Crippen molar-refractivity contribution in [1.82, 2.24) is 9.78 Å². The maximum Gasteiger partial charge on any atom is 0.340 e. The number of halogens is 1. The van der Waals surface area contributed by atoms with E-state index in [0.29, 0.717) is 27.9 Å². The van der Waals surface area contributed by atoms with Gasteiger partial charge in [-0.3, -0.25) is 0 Å². The summed E-state index contributed by atoms with van der Waals surface area (Å²) in [6, 6.07) is 2.76. The maximum absolute atomic E-state index is 12.1. The summed E-state index contributed by atoms with van der Waals surface area (Å²) in [7, 11) is 1.80. The van der Waals surface area contributed by atoms with Crippen molar-refractivity contribution < 1.29 is 19.0 Å². The third-order valence-electron chi connectivity index (χ3n) is 3.65. The molecule has 0 radical (unpaired) electrons. The van der Waals surface area contributed by atoms with Gasteiger partial charge in [0.1, 0.15) is 12.5 Å². The number of aromatic nitrogens is 2. The van der Waals surface area contributed by atoms with E-state index >= 15 is 0 Å². The first-order valence-corrected chi connectivity index (χ1v) is 12.2. The van der Waals surface area contributed by atoms with E-state index in [1.165, 1.54) is 7.11 Å². The standard InChI is InChI=1S/C16H23BrN2O4Si/c1-21-15-12-9-18-19(10-23-6-7-24(3,4)5)14(12)11(8-13(15)17)16(20)22-2/h8-9H,6-7,10H2,1-5H3. The molecule has 0 fully saturated rings. The second-order valence-electron chi connectivity index (χ2n) is 6.69. The van der Waals surface area contributed by atoms with Crippen LogP contribution in [0.4, 0.5) is 0 Å². The van der Waals surface area contributed by atoms with Crippen molar-refractivity contribution in [3.8, 4) is 5.75 Å². The zero-order chi connectivity index (χ0) is 17.9. The Bertz CT molecular complexity index is 740. The van der Waals surface area contributed by atoms with Crippen molar-refractivity contribution in [2.75, 3.05) is 20.8 Å². The summed E-state index contributed by atoms with van der Waals surface area (Å²) in [5.74, 6) is 0.207. The van der Waals surface area contributed by atoms with Crippen molar-refractivity contribution >= 4 is 40.9 Å². The largest absolute Gasteiger partial charge is 0.495 e. The molecular formula is C16H23BrN2O4Si. The van der Waals surface area contributed by atoms with E-state index in [2.05, 4.69) is 40.7 Å². The first-order chi connectivity index (χ1) is 11.3. The number of carbonyl (C=O) groups excluding carboxylic acids is 1. The summed E-state index contributed by atoms with van der Waals surface area (Å²) in [6.45, 7) is 7.87. The summed E-state index contributed by atoms with van der Waals surface area (Å²) in [6.07, 6.45) is 1.67. The zero-order valence-electron chi connectivity index (χ0n) is 14.7. The number of rotatable bonds is 7. The maximum atomic E-state index is 12.1. The van der Waals surface area contributed by atoms with Gasteiger partial charge in [0.2, 0.25) is 0 Å². The molecule has 1 heterocycles. The molecule has 0 bridgehead atoms. The molecule has 0 saturated heterocycles. The number of benzene rings is 1. The number of hydrogen-bond donors (Lipinski definition) is 0. The van der Waals surface area contributed by atoms with Crippen molar-refractivity contribution in [3.63, 3.8) is 0 Å². The zero-order valence-corrected chi connectivity index (χ0v) is 17.3. The Kier molecular flexibility index (Phi) is 6.05. The van der Waals surface area contributed by atoms with E-state index in [1.54, 1.807) is 24.1 Å². The van der Waals surface area contributed by atoms with Crippen LogP contribution >= 0.6 is 15.9 Å². The van der Waals surface area contributed by atoms with Gasteiger partial charge in [-0.2, -0.15) is 5.10 Å². The summed E-state index contributed by atoms with van der Waals surface area (Å²) in [5, 5.41) is 5.09. The fourth-order valence-electron chi connectivity index (χ4n) is 2.33. The number of ether oxygens (including phenoxy) is 3. The van der Waals surface area contributed by atoms with Crippen LogP contribution in [0.2, 0.25) is 25.7 Å². The van der Waals surface area contributed by atoms with E-state index in [9.17, 15) is 4.79 Å². The van der Waals surface area contributed by atoms with Gasteiger partial charge in [0.25, 0.3) is 0 Å². The molecule has 0 amide bonds. The predicted octanol–water partition coefficient (Wildman–Crippen LogP) is 3.91. The van der Waals surface area contributed by atoms with Gasteiger partial charge in [-0.15, -0.1) is 0 Å². The van der Waals surface area contributed by atoms with E-state index in [-0.39, 0.29) is 6.73 Å². The van der Waals surface area contributed by atoms with E-state index < -0.39 is 14.0 Å². The van der Waals surface area contributed by atoms with Crippen molar-refractivity contribution in [2.24, 2.45) is 0 Å². The first-order valence-electron chi connectivity index (χ1n) is 7.66. The molecule has 6 nitrogen and oxygen atoms in total. The fraction of sp³-hybridized carbons (Fsp3) is 0.500. The van der Waals surface area contributed by atoms with E-state index in [0.717, 1.165) is 11.4 Å². The molecule has 0 aliphatic heterocycles. The van der Waals surface area contributed by atoms with E-state index in [1.807, 2.05) is 0 Å². The van der Waals surface area contributed by atoms with Crippen LogP contribution in [0.5, 0.6) is 5.75 Å². The summed E-state index contributed by atoms with van der Waals surface area (Å²) in [4.78, 5) is 12.1. The SMILES string of the molecule is COC(=O)c1cc(Br)c(OC)c2cnn(COCC[Si](C)(C)C)c12. The summed E-state index contributed by atoms with van der Waals surface area (Å²) in [5.41, 5.74) is 1.07. The minimum Gasteiger partial charge on any atom is -0.495 e. The van der Waals surface area contributed by atoms with Gasteiger partial charge in [-0.25, -0.2) is 9.48 Å². The van der Waals surface area contributed by atoms with Gasteiger partial charge in [0, 0.05) is 14.7 Å². The number of hydrogen-bond acceptors (Lipinski definition) is 5. The van der Waals surface area contributed by atoms with Crippen LogP contribution in [0, 0.1) is 0 Å². The Labute approximate surface area is 151 Å². The smallest absolute Gasteiger partial charge is 0.340 e. The average molecular weight is 415 g/mol. The third-order valence-corrected chi connectivity index (χ3v) is 5.94. The van der Waals surface area contributed by atoms with Crippen molar-refractivity contribution in [3.05, 3.63) is 22.3 Å². The number of esters is 1. The van der Waals surface area contributed by atoms with Gasteiger partial charge in [0.05, 0.1) is 41.4 Å². The van der Waals surface area contributed by atoms with Gasteiger partial charge in [-0.1, -0.05) is 19.6 Å². The monoisotopic (exact) mass is 414 g/mol. The van der Waals surface area contributed by atoms with Crippen LogP contribution < -0.4 is 4.74 Å². The highest BCUT2D eigenvalue weighted by Gasteiger charge is 2.21. The predicted molar refractivity (Wildman–Crippen MR) is 99.4 cm³/mol. The molecule has 0 saturated carbocycles. The lowest BCUT2D eigenvalue weighted by molar-refractivity contribution is 0.0599. The number of carbonyl (C=O) groups is 1. The average Bonchev–Trinajstić information content (AvgIpc) is 2.93. The topological polar surface area (TPSA) is 62.6 Å². The molecule has 1 aromatic heterocycles. The molecular weight excluding hydrogens is 392 g/mol. The summed E-state index contributed by atoms with van der Waals surface area (Å²) < 4.78 is 18.4. The van der Waals surface area contributed by atoms with Gasteiger partial charge in [-0.05, 0) is 28.0 Å². The highest BCUT2D eigenvalue weighted by Crippen LogP contribution is 2.36. The Hall–Kier alpha value is -1.38. The lowest BCUT2D eigenvalue weighted by Crippen LogP contribution is -2.22. The normalized spacial score (nSPS) is 11.8. The Morgan fingerprint density at radius 3 is 2.62 bits per heavy atom. The van der Waals surface area contributed by atoms with Crippen molar-refractivity contribution in [2.45, 2.75) is 32.4 Å². The molecule has 132 valence electrons. The molecule has 8 heteroatoms. The van der Waals surface area contributed by atoms with Crippen LogP contribution in [0.1, 0.15) is 10.4 Å². The number of methoxy groups -OCH3 is 2. The highest BCUT2D eigenvalue weighted by atomic mass is 79.9. The van der Waals surface area contributed by atoms with Gasteiger partial charge in [0.15, 0.2) is 0 Å². The Balaban J connectivity index is 2.35.